The van der Waals surface area contributed by atoms with Crippen molar-refractivity contribution >= 4 is 27.7 Å². The minimum Gasteiger partial charge on any atom is -0.448 e. The van der Waals surface area contributed by atoms with Crippen molar-refractivity contribution in [2.45, 2.75) is 6.92 Å². The number of hydrogen-bond acceptors (Lipinski definition) is 4. The fourth-order valence-corrected chi connectivity index (χ4v) is 2.41. The van der Waals surface area contributed by atoms with Crippen LogP contribution in [0.1, 0.15) is 17.5 Å². The van der Waals surface area contributed by atoms with Gasteiger partial charge in [0, 0.05) is 12.3 Å². The van der Waals surface area contributed by atoms with Gasteiger partial charge in [-0.2, -0.15) is 0 Å². The first-order chi connectivity index (χ1) is 10.2. The number of Topliss-reactive ketones (excluding diaryl/α,β-unsaturated/α-hetero) is 1. The monoisotopic (exact) mass is 277 g/mol. The molecular weight excluding hydrogens is 266 g/mol. The Kier molecular flexibility index (Phi) is 2.44. The standard InChI is InChI=1S/C17H11NO3/c1-10(19)13-8-9-15(20-13)17-18-16-12-5-3-2-4-11(12)6-7-14(16)21-17/h2-9H,1H3. The molecule has 0 fully saturated rings. The third-order valence-corrected chi connectivity index (χ3v) is 3.45. The van der Waals surface area contributed by atoms with Crippen LogP contribution in [-0.4, -0.2) is 10.8 Å². The van der Waals surface area contributed by atoms with Gasteiger partial charge in [-0.25, -0.2) is 4.98 Å². The maximum atomic E-state index is 11.3. The SMILES string of the molecule is CC(=O)c1ccc(-c2nc3c(ccc4ccccc43)o2)o1. The number of carbonyl (C=O) groups is 1. The molecule has 0 aliphatic rings. The van der Waals surface area contributed by atoms with Crippen LogP contribution < -0.4 is 0 Å². The number of rotatable bonds is 2. The molecular formula is C17H11NO3. The highest BCUT2D eigenvalue weighted by Gasteiger charge is 2.15. The van der Waals surface area contributed by atoms with Gasteiger partial charge in [0.25, 0.3) is 5.89 Å². The lowest BCUT2D eigenvalue weighted by Crippen LogP contribution is -1.86. The molecule has 4 heteroatoms. The maximum absolute atomic E-state index is 11.3. The van der Waals surface area contributed by atoms with Crippen molar-refractivity contribution in [2.75, 3.05) is 0 Å². The quantitative estimate of drug-likeness (QED) is 0.508. The molecule has 2 aromatic carbocycles. The molecule has 0 amide bonds. The number of ketones is 1. The number of hydrogen-bond donors (Lipinski definition) is 0. The summed E-state index contributed by atoms with van der Waals surface area (Å²) in [4.78, 5) is 15.8. The van der Waals surface area contributed by atoms with Crippen LogP contribution in [0, 0.1) is 0 Å². The molecule has 2 heterocycles. The van der Waals surface area contributed by atoms with E-state index in [1.807, 2.05) is 36.4 Å². The highest BCUT2D eigenvalue weighted by molar-refractivity contribution is 6.03. The summed E-state index contributed by atoms with van der Waals surface area (Å²) >= 11 is 0. The minimum absolute atomic E-state index is 0.122. The fourth-order valence-electron chi connectivity index (χ4n) is 2.41. The molecule has 2 aromatic heterocycles. The second-order valence-corrected chi connectivity index (χ2v) is 4.87. The molecule has 0 aliphatic carbocycles. The van der Waals surface area contributed by atoms with Gasteiger partial charge in [-0.1, -0.05) is 30.3 Å². The Labute approximate surface area is 120 Å². The summed E-state index contributed by atoms with van der Waals surface area (Å²) in [6.45, 7) is 1.46. The van der Waals surface area contributed by atoms with Gasteiger partial charge in [0.1, 0.15) is 5.52 Å². The highest BCUT2D eigenvalue weighted by Crippen LogP contribution is 2.30. The predicted molar refractivity (Wildman–Crippen MR) is 79.2 cm³/mol. The summed E-state index contributed by atoms with van der Waals surface area (Å²) in [6, 6.07) is 15.2. The van der Waals surface area contributed by atoms with E-state index in [2.05, 4.69) is 4.98 Å². The molecule has 0 spiro atoms. The van der Waals surface area contributed by atoms with Crippen molar-refractivity contribution in [3.63, 3.8) is 0 Å². The molecule has 4 aromatic rings. The molecule has 4 nitrogen and oxygen atoms in total. The largest absolute Gasteiger partial charge is 0.448 e. The number of fused-ring (bicyclic) bond motifs is 3. The van der Waals surface area contributed by atoms with Crippen molar-refractivity contribution < 1.29 is 13.6 Å². The Bertz CT molecular complexity index is 978. The Morgan fingerprint density at radius 1 is 1.00 bits per heavy atom. The molecule has 0 N–H and O–H groups in total. The molecule has 0 saturated carbocycles. The van der Waals surface area contributed by atoms with E-state index in [0.717, 1.165) is 16.3 Å². The first kappa shape index (κ1) is 11.9. The number of aromatic nitrogens is 1. The summed E-state index contributed by atoms with van der Waals surface area (Å²) in [6.07, 6.45) is 0. The molecule has 0 aliphatic heterocycles. The van der Waals surface area contributed by atoms with Gasteiger partial charge in [0.15, 0.2) is 22.9 Å². The average molecular weight is 277 g/mol. The normalized spacial score (nSPS) is 11.3. The molecule has 0 radical (unpaired) electrons. The molecule has 0 unspecified atom stereocenters. The summed E-state index contributed by atoms with van der Waals surface area (Å²) in [5.74, 6) is 1.02. The number of nitrogens with zero attached hydrogens (tertiary/aromatic N) is 1. The lowest BCUT2D eigenvalue weighted by Gasteiger charge is -1.95. The average Bonchev–Trinajstić information content (AvgIpc) is 3.13. The van der Waals surface area contributed by atoms with Crippen LogP contribution in [0.4, 0.5) is 0 Å². The first-order valence-corrected chi connectivity index (χ1v) is 6.62. The molecule has 0 bridgehead atoms. The van der Waals surface area contributed by atoms with E-state index >= 15 is 0 Å². The smallest absolute Gasteiger partial charge is 0.263 e. The Balaban J connectivity index is 1.93. The zero-order chi connectivity index (χ0) is 14.4. The van der Waals surface area contributed by atoms with E-state index in [1.165, 1.54) is 6.92 Å². The van der Waals surface area contributed by atoms with Crippen LogP contribution in [0.3, 0.4) is 0 Å². The van der Waals surface area contributed by atoms with Gasteiger partial charge in [-0.3, -0.25) is 4.79 Å². The highest BCUT2D eigenvalue weighted by atomic mass is 16.4. The number of furan rings is 1. The van der Waals surface area contributed by atoms with Crippen molar-refractivity contribution in [1.29, 1.82) is 0 Å². The second kappa shape index (κ2) is 4.31. The van der Waals surface area contributed by atoms with Gasteiger partial charge in [-0.15, -0.1) is 0 Å². The Morgan fingerprint density at radius 2 is 1.86 bits per heavy atom. The van der Waals surface area contributed by atoms with Crippen molar-refractivity contribution in [3.8, 4) is 11.7 Å². The van der Waals surface area contributed by atoms with E-state index < -0.39 is 0 Å². The molecule has 0 saturated heterocycles. The van der Waals surface area contributed by atoms with Gasteiger partial charge >= 0.3 is 0 Å². The Hall–Kier alpha value is -2.88. The summed E-state index contributed by atoms with van der Waals surface area (Å²) in [7, 11) is 0. The zero-order valence-electron chi connectivity index (χ0n) is 11.3. The zero-order valence-corrected chi connectivity index (χ0v) is 11.3. The van der Waals surface area contributed by atoms with Crippen LogP contribution in [0.2, 0.25) is 0 Å². The van der Waals surface area contributed by atoms with E-state index in [0.29, 0.717) is 23.0 Å². The second-order valence-electron chi connectivity index (χ2n) is 4.87. The van der Waals surface area contributed by atoms with Crippen LogP contribution in [0.15, 0.2) is 57.4 Å². The van der Waals surface area contributed by atoms with E-state index in [4.69, 9.17) is 8.83 Å². The summed E-state index contributed by atoms with van der Waals surface area (Å²) in [5.41, 5.74) is 1.49. The van der Waals surface area contributed by atoms with E-state index in [1.54, 1.807) is 12.1 Å². The molecule has 102 valence electrons. The number of oxazole rings is 1. The lowest BCUT2D eigenvalue weighted by molar-refractivity contribution is 0.0988. The topological polar surface area (TPSA) is 56.2 Å². The van der Waals surface area contributed by atoms with Crippen LogP contribution in [0.5, 0.6) is 0 Å². The third kappa shape index (κ3) is 1.84. The Morgan fingerprint density at radius 3 is 2.67 bits per heavy atom. The van der Waals surface area contributed by atoms with Crippen LogP contribution in [0.25, 0.3) is 33.5 Å². The summed E-state index contributed by atoms with van der Waals surface area (Å²) < 4.78 is 11.2. The van der Waals surface area contributed by atoms with Gasteiger partial charge in [0.05, 0.1) is 0 Å². The van der Waals surface area contributed by atoms with Crippen molar-refractivity contribution in [1.82, 2.24) is 4.98 Å². The fraction of sp³-hybridized carbons (Fsp3) is 0.0588. The van der Waals surface area contributed by atoms with Crippen molar-refractivity contribution in [3.05, 3.63) is 54.3 Å². The molecule has 4 rings (SSSR count). The number of carbonyl (C=O) groups excluding carboxylic acids is 1. The third-order valence-electron chi connectivity index (χ3n) is 3.45. The van der Waals surface area contributed by atoms with E-state index in [9.17, 15) is 4.79 Å². The minimum atomic E-state index is -0.122. The van der Waals surface area contributed by atoms with Gasteiger partial charge in [-0.05, 0) is 23.6 Å². The van der Waals surface area contributed by atoms with Crippen LogP contribution in [-0.2, 0) is 0 Å². The van der Waals surface area contributed by atoms with Gasteiger partial charge < -0.3 is 8.83 Å². The molecule has 0 atom stereocenters. The summed E-state index contributed by atoms with van der Waals surface area (Å²) in [5, 5.41) is 2.14. The molecule has 21 heavy (non-hydrogen) atoms. The van der Waals surface area contributed by atoms with Crippen molar-refractivity contribution in [2.24, 2.45) is 0 Å². The lowest BCUT2D eigenvalue weighted by atomic mass is 10.1. The predicted octanol–water partition coefficient (Wildman–Crippen LogP) is 4.44. The maximum Gasteiger partial charge on any atom is 0.263 e. The number of benzene rings is 2. The van der Waals surface area contributed by atoms with Crippen LogP contribution >= 0.6 is 0 Å². The van der Waals surface area contributed by atoms with Gasteiger partial charge in [0.2, 0.25) is 0 Å². The van der Waals surface area contributed by atoms with E-state index in [-0.39, 0.29) is 5.78 Å². The first-order valence-electron chi connectivity index (χ1n) is 6.62.